The van der Waals surface area contributed by atoms with Crippen LogP contribution >= 0.6 is 19.4 Å². The lowest BCUT2D eigenvalue weighted by Gasteiger charge is -2.08. The van der Waals surface area contributed by atoms with E-state index in [1.54, 1.807) is 11.8 Å². The van der Waals surface area contributed by atoms with Gasteiger partial charge in [-0.1, -0.05) is 18.2 Å². The lowest BCUT2D eigenvalue weighted by Crippen LogP contribution is -2.03. The number of thioether (sulfide) groups is 1. The Kier molecular flexibility index (Phi) is 6.97. The summed E-state index contributed by atoms with van der Waals surface area (Å²) in [5.74, 6) is 0.877. The Morgan fingerprint density at radius 1 is 1.22 bits per heavy atom. The first-order valence-electron chi connectivity index (χ1n) is 5.98. The minimum absolute atomic E-state index is 0.0159. The molecule has 0 atom stereocenters. The van der Waals surface area contributed by atoms with E-state index in [1.807, 2.05) is 12.1 Å². The van der Waals surface area contributed by atoms with Crippen LogP contribution in [0.3, 0.4) is 0 Å². The van der Waals surface area contributed by atoms with E-state index in [0.29, 0.717) is 13.0 Å². The van der Waals surface area contributed by atoms with E-state index in [1.165, 1.54) is 10.5 Å². The fourth-order valence-corrected chi connectivity index (χ4v) is 3.34. The fraction of sp³-hybridized carbons (Fsp3) is 0.500. The molecule has 0 fully saturated rings. The molecule has 0 bridgehead atoms. The van der Waals surface area contributed by atoms with Crippen molar-refractivity contribution in [1.29, 1.82) is 0 Å². The minimum atomic E-state index is -3.82. The molecule has 0 heterocycles. The third kappa shape index (κ3) is 6.57. The molecule has 0 saturated heterocycles. The molecule has 0 aromatic heterocycles. The topological polar surface area (TPSA) is 83.6 Å². The summed E-state index contributed by atoms with van der Waals surface area (Å²) < 4.78 is 10.7. The van der Waals surface area contributed by atoms with Gasteiger partial charge in [-0.05, 0) is 43.2 Å². The van der Waals surface area contributed by atoms with Gasteiger partial charge in [-0.3, -0.25) is 4.57 Å². The van der Waals surface area contributed by atoms with E-state index in [-0.39, 0.29) is 6.16 Å². The molecule has 1 aromatic rings. The lowest BCUT2D eigenvalue weighted by molar-refractivity contribution is 0.371. The zero-order chi connectivity index (χ0) is 13.4. The third-order valence-corrected chi connectivity index (χ3v) is 4.59. The predicted octanol–water partition coefficient (Wildman–Crippen LogP) is 2.24. The molecular formula is C12H20NO3PS. The van der Waals surface area contributed by atoms with Crippen LogP contribution in [0.1, 0.15) is 18.4 Å². The first-order valence-corrected chi connectivity index (χ1v) is 8.76. The first kappa shape index (κ1) is 15.7. The van der Waals surface area contributed by atoms with Crippen molar-refractivity contribution >= 4 is 19.4 Å². The highest BCUT2D eigenvalue weighted by molar-refractivity contribution is 7.99. The zero-order valence-corrected chi connectivity index (χ0v) is 12.0. The Morgan fingerprint density at radius 2 is 1.94 bits per heavy atom. The highest BCUT2D eigenvalue weighted by atomic mass is 32.2. The minimum Gasteiger partial charge on any atom is -0.330 e. The van der Waals surface area contributed by atoms with E-state index >= 15 is 0 Å². The molecule has 18 heavy (non-hydrogen) atoms. The molecule has 0 spiro atoms. The molecule has 1 aromatic carbocycles. The van der Waals surface area contributed by atoms with Crippen LogP contribution in [-0.2, 0) is 11.0 Å². The molecular weight excluding hydrogens is 269 g/mol. The number of rotatable bonds is 8. The van der Waals surface area contributed by atoms with Crippen molar-refractivity contribution in [2.75, 3.05) is 18.5 Å². The van der Waals surface area contributed by atoms with Crippen LogP contribution in [0.4, 0.5) is 0 Å². The largest absolute Gasteiger partial charge is 0.330 e. The molecule has 4 N–H and O–H groups in total. The number of unbranched alkanes of at least 4 members (excludes halogenated alkanes) is 1. The molecule has 0 aliphatic carbocycles. The maximum absolute atomic E-state index is 10.7. The maximum Gasteiger partial charge on any atom is 0.325 e. The molecule has 0 amide bonds. The van der Waals surface area contributed by atoms with Crippen LogP contribution < -0.4 is 5.73 Å². The summed E-state index contributed by atoms with van der Waals surface area (Å²) in [5.41, 5.74) is 6.81. The molecule has 0 unspecified atom stereocenters. The van der Waals surface area contributed by atoms with Crippen LogP contribution in [0.2, 0.25) is 0 Å². The Hall–Kier alpha value is -0.320. The normalized spacial score (nSPS) is 11.7. The second-order valence-corrected chi connectivity index (χ2v) is 7.00. The van der Waals surface area contributed by atoms with Crippen molar-refractivity contribution in [3.05, 3.63) is 29.8 Å². The van der Waals surface area contributed by atoms with Gasteiger partial charge in [0, 0.05) is 11.1 Å². The Bertz CT molecular complexity index is 408. The Morgan fingerprint density at radius 3 is 2.61 bits per heavy atom. The highest BCUT2D eigenvalue weighted by Crippen LogP contribution is 2.35. The summed E-state index contributed by atoms with van der Waals surface area (Å²) in [4.78, 5) is 18.7. The third-order valence-electron chi connectivity index (χ3n) is 2.49. The standard InChI is InChI=1S/C12H20NO3PS/c13-8-7-11-5-1-2-6-12(11)18-10-4-3-9-17(14,15)16/h1-2,5-6H,3-4,7-10,13H2,(H2,14,15,16). The van der Waals surface area contributed by atoms with E-state index in [9.17, 15) is 4.57 Å². The van der Waals surface area contributed by atoms with E-state index in [0.717, 1.165) is 18.6 Å². The second kappa shape index (κ2) is 7.97. The van der Waals surface area contributed by atoms with Gasteiger partial charge in [-0.25, -0.2) is 0 Å². The molecule has 1 rings (SSSR count). The van der Waals surface area contributed by atoms with E-state index in [4.69, 9.17) is 15.5 Å². The first-order chi connectivity index (χ1) is 8.53. The van der Waals surface area contributed by atoms with Gasteiger partial charge in [0.15, 0.2) is 0 Å². The summed E-state index contributed by atoms with van der Waals surface area (Å²) in [5, 5.41) is 0. The van der Waals surface area contributed by atoms with E-state index < -0.39 is 7.60 Å². The predicted molar refractivity (Wildman–Crippen MR) is 76.1 cm³/mol. The molecule has 0 aliphatic rings. The van der Waals surface area contributed by atoms with Gasteiger partial charge in [0.25, 0.3) is 0 Å². The van der Waals surface area contributed by atoms with Crippen molar-refractivity contribution < 1.29 is 14.4 Å². The van der Waals surface area contributed by atoms with Crippen molar-refractivity contribution in [2.45, 2.75) is 24.2 Å². The summed E-state index contributed by atoms with van der Waals surface area (Å²) in [6, 6.07) is 8.14. The SMILES string of the molecule is NCCc1ccccc1SCCCCP(=O)(O)O. The van der Waals surface area contributed by atoms with Gasteiger partial charge < -0.3 is 15.5 Å². The summed E-state index contributed by atoms with van der Waals surface area (Å²) in [6.45, 7) is 0.635. The number of nitrogens with two attached hydrogens (primary N) is 1. The maximum atomic E-state index is 10.7. The van der Waals surface area contributed by atoms with Crippen molar-refractivity contribution in [1.82, 2.24) is 0 Å². The summed E-state index contributed by atoms with van der Waals surface area (Å²) in [6.07, 6.45) is 2.23. The van der Waals surface area contributed by atoms with Gasteiger partial charge in [0.05, 0.1) is 0 Å². The Labute approximate surface area is 112 Å². The fourth-order valence-electron chi connectivity index (χ4n) is 1.61. The van der Waals surface area contributed by atoms with Crippen LogP contribution in [0.15, 0.2) is 29.2 Å². The quantitative estimate of drug-likeness (QED) is 0.388. The van der Waals surface area contributed by atoms with Crippen molar-refractivity contribution in [3.8, 4) is 0 Å². The van der Waals surface area contributed by atoms with Crippen molar-refractivity contribution in [3.63, 3.8) is 0 Å². The van der Waals surface area contributed by atoms with Crippen LogP contribution in [0.5, 0.6) is 0 Å². The number of hydrogen-bond acceptors (Lipinski definition) is 3. The van der Waals surface area contributed by atoms with Crippen molar-refractivity contribution in [2.24, 2.45) is 5.73 Å². The van der Waals surface area contributed by atoms with Gasteiger partial charge >= 0.3 is 7.60 Å². The highest BCUT2D eigenvalue weighted by Gasteiger charge is 2.11. The lowest BCUT2D eigenvalue weighted by atomic mass is 10.1. The molecule has 0 radical (unpaired) electrons. The van der Waals surface area contributed by atoms with Crippen LogP contribution in [0.25, 0.3) is 0 Å². The summed E-state index contributed by atoms with van der Waals surface area (Å²) >= 11 is 1.73. The number of hydrogen-bond donors (Lipinski definition) is 3. The molecule has 4 nitrogen and oxygen atoms in total. The van der Waals surface area contributed by atoms with Gasteiger partial charge in [-0.15, -0.1) is 11.8 Å². The smallest absolute Gasteiger partial charge is 0.325 e. The monoisotopic (exact) mass is 289 g/mol. The summed E-state index contributed by atoms with van der Waals surface area (Å²) in [7, 11) is -3.82. The van der Waals surface area contributed by atoms with E-state index in [2.05, 4.69) is 12.1 Å². The molecule has 0 aliphatic heterocycles. The average molecular weight is 289 g/mol. The van der Waals surface area contributed by atoms with Crippen LogP contribution in [0, 0.1) is 0 Å². The van der Waals surface area contributed by atoms with Gasteiger partial charge in [-0.2, -0.15) is 0 Å². The van der Waals surface area contributed by atoms with Crippen LogP contribution in [-0.4, -0.2) is 28.2 Å². The molecule has 6 heteroatoms. The molecule has 102 valence electrons. The van der Waals surface area contributed by atoms with Gasteiger partial charge in [0.2, 0.25) is 0 Å². The zero-order valence-electron chi connectivity index (χ0n) is 10.3. The Balaban J connectivity index is 2.33. The average Bonchev–Trinajstić information content (AvgIpc) is 2.29. The second-order valence-electron chi connectivity index (χ2n) is 4.09. The molecule has 0 saturated carbocycles. The van der Waals surface area contributed by atoms with Gasteiger partial charge in [0.1, 0.15) is 0 Å². The number of benzene rings is 1.